The minimum absolute atomic E-state index is 0.0143. The number of rotatable bonds is 24. The Kier molecular flexibility index (Phi) is 22.4. The standard InChI is InChI=1S/C116H78F2N2O22/c1-111(2,3)142-109(125)75-62-93(103-99(67-75)136-116(140-103,84-50-30-12-31-51-84)85-52-32-13-33-53-85)130-107(123)73-60-91(101-97(65-73)134-114(138-101,80-42-22-8-23-43-80)81-44-24-9-25-45-81)128-105(121)71-58-90(100-95(63-71)132-112(137-100,76-34-14-4-15-35-76)77-36-16-5-17-37-77)127-106(122)72-59-92(102-96(64-72)133-113(139-102,78-38-18-6-19-39-78)79-40-20-7-21-41-79)129-108(124)74-61-94(131-110(126)89-69-88(119-120-89)55-54-70-56-86(117)68-87(118)57-70)104-98(66-74)135-115(141-104,82-46-26-10-27-47-82)83-48-28-11-29-49-83/h4-53,56-69H,54-55H2,1-3H3,(H,119,120). The van der Waals surface area contributed by atoms with Crippen molar-refractivity contribution in [1.82, 2.24) is 10.2 Å². The number of aromatic nitrogens is 2. The number of esters is 6. The molecule has 6 heterocycles. The summed E-state index contributed by atoms with van der Waals surface area (Å²) < 4.78 is 137. The van der Waals surface area contributed by atoms with Gasteiger partial charge in [-0.2, -0.15) is 5.10 Å². The van der Waals surface area contributed by atoms with Gasteiger partial charge < -0.3 is 75.8 Å². The highest BCUT2D eigenvalue weighted by Crippen LogP contribution is 2.60. The lowest BCUT2D eigenvalue weighted by Gasteiger charge is -2.28. The molecular weight excluding hydrogens is 1810 g/mol. The summed E-state index contributed by atoms with van der Waals surface area (Å²) >= 11 is 0. The van der Waals surface area contributed by atoms with Gasteiger partial charge in [0.2, 0.25) is 28.7 Å². The molecule has 1 aromatic heterocycles. The lowest BCUT2D eigenvalue weighted by molar-refractivity contribution is -0.0470. The molecule has 0 fully saturated rings. The fourth-order valence-electron chi connectivity index (χ4n) is 17.7. The molecule has 0 radical (unpaired) electrons. The number of H-pyrrole nitrogens is 1. The van der Waals surface area contributed by atoms with Crippen LogP contribution in [0.3, 0.4) is 0 Å². The van der Waals surface area contributed by atoms with E-state index >= 15 is 19.2 Å². The molecule has 0 aliphatic carbocycles. The van der Waals surface area contributed by atoms with Crippen molar-refractivity contribution in [3.8, 4) is 86.2 Å². The quantitative estimate of drug-likeness (QED) is 0.0434. The van der Waals surface area contributed by atoms with Crippen molar-refractivity contribution in [2.75, 3.05) is 0 Å². The molecule has 0 bridgehead atoms. The van der Waals surface area contributed by atoms with E-state index in [1.54, 1.807) is 239 Å². The van der Waals surface area contributed by atoms with Gasteiger partial charge in [0.05, 0.1) is 33.5 Å². The molecule has 0 saturated carbocycles. The number of aromatic amines is 1. The topological polar surface area (TPSA) is 279 Å². The molecule has 0 spiro atoms. The van der Waals surface area contributed by atoms with Crippen LogP contribution in [-0.4, -0.2) is 51.6 Å². The highest BCUT2D eigenvalue weighted by atomic mass is 19.1. The van der Waals surface area contributed by atoms with Gasteiger partial charge in [0.25, 0.3) is 0 Å². The summed E-state index contributed by atoms with van der Waals surface area (Å²) in [6.07, 6.45) is 0.306. The van der Waals surface area contributed by atoms with Crippen LogP contribution in [0, 0.1) is 11.6 Å². The number of hydrogen-bond acceptors (Lipinski definition) is 23. The van der Waals surface area contributed by atoms with E-state index in [1.165, 1.54) is 78.9 Å². The first kappa shape index (κ1) is 88.7. The maximum Gasteiger partial charge on any atom is 0.361 e. The predicted octanol–water partition coefficient (Wildman–Crippen LogP) is 22.9. The van der Waals surface area contributed by atoms with Gasteiger partial charge in [0.15, 0.2) is 57.5 Å². The first-order valence-electron chi connectivity index (χ1n) is 45.2. The van der Waals surface area contributed by atoms with Crippen molar-refractivity contribution in [1.29, 1.82) is 0 Å². The average molecular weight is 1890 g/mol. The summed E-state index contributed by atoms with van der Waals surface area (Å²) in [6.45, 7) is 5.12. The maximum absolute atomic E-state index is 16.2. The molecule has 698 valence electrons. The number of nitrogens with zero attached hydrogens (tertiary/aromatic N) is 1. The molecule has 1 N–H and O–H groups in total. The van der Waals surface area contributed by atoms with Crippen molar-refractivity contribution >= 4 is 35.8 Å². The zero-order chi connectivity index (χ0) is 97.1. The lowest BCUT2D eigenvalue weighted by atomic mass is 9.97. The summed E-state index contributed by atoms with van der Waals surface area (Å²) in [6, 6.07) is 107. The lowest BCUT2D eigenvalue weighted by Crippen LogP contribution is -2.36. The third kappa shape index (κ3) is 16.5. The van der Waals surface area contributed by atoms with E-state index in [0.717, 1.165) is 6.07 Å². The van der Waals surface area contributed by atoms with E-state index < -0.39 is 99.2 Å². The highest BCUT2D eigenvalue weighted by Gasteiger charge is 2.54. The molecule has 5 aliphatic rings. The van der Waals surface area contributed by atoms with Gasteiger partial charge >= 0.3 is 64.8 Å². The number of hydrogen-bond donors (Lipinski definition) is 1. The van der Waals surface area contributed by atoms with E-state index in [0.29, 0.717) is 66.9 Å². The third-order valence-electron chi connectivity index (χ3n) is 24.2. The molecule has 22 rings (SSSR count). The van der Waals surface area contributed by atoms with Gasteiger partial charge in [-0.15, -0.1) is 0 Å². The maximum atomic E-state index is 16.2. The highest BCUT2D eigenvalue weighted by molar-refractivity contribution is 6.00. The van der Waals surface area contributed by atoms with Crippen molar-refractivity contribution < 1.29 is 113 Å². The summed E-state index contributed by atoms with van der Waals surface area (Å²) in [4.78, 5) is 93.0. The van der Waals surface area contributed by atoms with Gasteiger partial charge in [-0.25, -0.2) is 37.5 Å². The zero-order valence-corrected chi connectivity index (χ0v) is 75.5. The monoisotopic (exact) mass is 1890 g/mol. The normalized spacial score (nSPS) is 14.5. The average Bonchev–Trinajstić information content (AvgIpc) is 1.59. The molecule has 0 unspecified atom stereocenters. The number of carbonyl (C=O) groups excluding carboxylic acids is 6. The van der Waals surface area contributed by atoms with Gasteiger partial charge in [-0.1, -0.05) is 303 Å². The molecule has 26 heteroatoms. The smallest absolute Gasteiger partial charge is 0.361 e. The van der Waals surface area contributed by atoms with Crippen molar-refractivity contribution in [3.63, 3.8) is 0 Å². The minimum Gasteiger partial charge on any atom is -0.456 e. The zero-order valence-electron chi connectivity index (χ0n) is 75.5. The summed E-state index contributed by atoms with van der Waals surface area (Å²) in [5, 5.41) is 7.01. The molecular formula is C116H78F2N2O22. The third-order valence-corrected chi connectivity index (χ3v) is 24.2. The van der Waals surface area contributed by atoms with Crippen LogP contribution in [-0.2, 0) is 46.5 Å². The molecule has 5 aliphatic heterocycles. The second-order valence-corrected chi connectivity index (χ2v) is 34.8. The van der Waals surface area contributed by atoms with Gasteiger partial charge in [0, 0.05) is 61.7 Å². The van der Waals surface area contributed by atoms with E-state index in [2.05, 4.69) is 10.2 Å². The van der Waals surface area contributed by atoms with Crippen LogP contribution >= 0.6 is 0 Å². The number of aryl methyl sites for hydroxylation is 2. The van der Waals surface area contributed by atoms with Gasteiger partial charge in [0.1, 0.15) is 22.9 Å². The fourth-order valence-corrected chi connectivity index (χ4v) is 17.7. The molecule has 142 heavy (non-hydrogen) atoms. The Morgan fingerprint density at radius 2 is 0.472 bits per heavy atom. The first-order valence-corrected chi connectivity index (χ1v) is 45.2. The molecule has 17 aromatic rings. The van der Waals surface area contributed by atoms with E-state index in [1.807, 2.05) is 84.9 Å². The van der Waals surface area contributed by atoms with Crippen LogP contribution < -0.4 is 71.1 Å². The minimum atomic E-state index is -1.88. The summed E-state index contributed by atoms with van der Waals surface area (Å²) in [5.74, 6) is -20.1. The Morgan fingerprint density at radius 1 is 0.261 bits per heavy atom. The fraction of sp³-hybridized carbons (Fsp3) is 0.0948. The van der Waals surface area contributed by atoms with Crippen LogP contribution in [0.1, 0.15) is 150 Å². The second kappa shape index (κ2) is 35.8. The van der Waals surface area contributed by atoms with E-state index in [-0.39, 0.29) is 115 Å². The van der Waals surface area contributed by atoms with E-state index in [9.17, 15) is 18.4 Å². The number of nitrogens with one attached hydrogen (secondary N) is 1. The molecule has 24 nitrogen and oxygen atoms in total. The second-order valence-electron chi connectivity index (χ2n) is 34.8. The SMILES string of the molecule is CC(C)(C)OC(=O)c1cc(OC(=O)c2cc(OC(=O)c3cc(OC(=O)c4cc(OC(=O)c5cc(OC(=O)c6cc(CCc7cc(F)cc(F)c7)n[nH]6)c6c(c5)OC(c5ccccc5)(c5ccccc5)O6)c5c(c4)OC(c4ccccc4)(c4ccccc4)O5)c4c(c3)OC(c3ccccc3)(c3ccccc3)O4)c3c(c2)OC(c2ccccc2)(c2ccccc2)O3)c2c(c1)OC(c1ccccc1)(c1ccccc1)O2. The number of fused-ring (bicyclic) bond motifs is 5. The van der Waals surface area contributed by atoms with Crippen molar-refractivity contribution in [2.24, 2.45) is 0 Å². The molecule has 0 atom stereocenters. The van der Waals surface area contributed by atoms with Crippen LogP contribution in [0.4, 0.5) is 8.78 Å². The molecule has 16 aromatic carbocycles. The number of benzene rings is 16. The molecule has 0 saturated heterocycles. The Bertz CT molecular complexity index is 7580. The van der Waals surface area contributed by atoms with E-state index in [4.69, 9.17) is 75.8 Å². The van der Waals surface area contributed by atoms with Crippen molar-refractivity contribution in [3.05, 3.63) is 500 Å². The summed E-state index contributed by atoms with van der Waals surface area (Å²) in [5.41, 5.74) is 3.02. The largest absolute Gasteiger partial charge is 0.456 e. The van der Waals surface area contributed by atoms with Crippen LogP contribution in [0.5, 0.6) is 86.2 Å². The van der Waals surface area contributed by atoms with Gasteiger partial charge in [-0.05, 0) is 118 Å². The number of ether oxygens (including phenoxy) is 16. The predicted molar refractivity (Wildman–Crippen MR) is 509 cm³/mol. The van der Waals surface area contributed by atoms with Crippen LogP contribution in [0.15, 0.2) is 388 Å². The number of carbonyl (C=O) groups is 6. The Morgan fingerprint density at radius 3 is 0.690 bits per heavy atom. The van der Waals surface area contributed by atoms with Gasteiger partial charge in [-0.3, -0.25) is 5.10 Å². The Balaban J connectivity index is 0.653. The first-order chi connectivity index (χ1) is 69.0. The van der Waals surface area contributed by atoms with Crippen molar-refractivity contribution in [2.45, 2.75) is 68.1 Å². The van der Waals surface area contributed by atoms with Crippen LogP contribution in [0.25, 0.3) is 0 Å². The molecule has 0 amide bonds. The Labute approximate surface area is 809 Å². The number of halogens is 2. The summed E-state index contributed by atoms with van der Waals surface area (Å²) in [7, 11) is 0. The van der Waals surface area contributed by atoms with Crippen LogP contribution in [0.2, 0.25) is 0 Å². The Hall–Kier alpha value is -18.6.